The Bertz CT molecular complexity index is 94.2. The maximum absolute atomic E-state index is 9.52. The van der Waals surface area contributed by atoms with Crippen LogP contribution in [0.15, 0.2) is 0 Å². The molecule has 3 nitrogen and oxygen atoms in total. The molecule has 0 amide bonds. The zero-order chi connectivity index (χ0) is 4.99. The molecule has 6 heavy (non-hydrogen) atoms. The van der Waals surface area contributed by atoms with Crippen LogP contribution in [0.1, 0.15) is 0 Å². The van der Waals surface area contributed by atoms with E-state index < -0.39 is 8.03 Å². The topological polar surface area (TPSA) is 61.1 Å². The van der Waals surface area contributed by atoms with Gasteiger partial charge in [-0.15, -0.1) is 0 Å². The van der Waals surface area contributed by atoms with Crippen LogP contribution >= 0.6 is 8.03 Å². The SMILES string of the molecule is N#CC[P+](=O)O. The molecule has 32 valence electrons. The summed E-state index contributed by atoms with van der Waals surface area (Å²) < 4.78 is 9.52. The van der Waals surface area contributed by atoms with Gasteiger partial charge in [0.25, 0.3) is 6.16 Å². The Kier molecular flexibility index (Phi) is 2.56. The van der Waals surface area contributed by atoms with Crippen LogP contribution in [0.3, 0.4) is 0 Å². The Balaban J connectivity index is 3.13. The fourth-order valence-electron chi connectivity index (χ4n) is 0.0605. The van der Waals surface area contributed by atoms with Crippen molar-refractivity contribution in [2.24, 2.45) is 0 Å². The first kappa shape index (κ1) is 5.55. The molecule has 0 aliphatic carbocycles. The third-order valence-electron chi connectivity index (χ3n) is 0.206. The Morgan fingerprint density at radius 2 is 2.50 bits per heavy atom. The molecular formula is C2H3NO2P+. The van der Waals surface area contributed by atoms with Crippen molar-refractivity contribution in [2.75, 3.05) is 6.16 Å². The molecule has 1 atom stereocenters. The number of rotatable bonds is 1. The van der Waals surface area contributed by atoms with Crippen LogP contribution in [0.25, 0.3) is 0 Å². The highest BCUT2D eigenvalue weighted by Crippen LogP contribution is 2.08. The van der Waals surface area contributed by atoms with Crippen LogP contribution in [-0.2, 0) is 4.57 Å². The third kappa shape index (κ3) is 3.55. The summed E-state index contributed by atoms with van der Waals surface area (Å²) in [4.78, 5) is 7.84. The molecule has 1 unspecified atom stereocenters. The van der Waals surface area contributed by atoms with Gasteiger partial charge in [-0.2, -0.15) is 10.2 Å². The molecule has 0 aliphatic rings. The average Bonchev–Trinajstić information content (AvgIpc) is 1.35. The van der Waals surface area contributed by atoms with Gasteiger partial charge in [0.1, 0.15) is 6.07 Å². The molecule has 0 aliphatic heterocycles. The summed E-state index contributed by atoms with van der Waals surface area (Å²) in [5.41, 5.74) is 0. The highest BCUT2D eigenvalue weighted by molar-refractivity contribution is 7.38. The van der Waals surface area contributed by atoms with Crippen molar-refractivity contribution in [3.8, 4) is 6.07 Å². The molecular weight excluding hydrogens is 101 g/mol. The van der Waals surface area contributed by atoms with Crippen LogP contribution in [-0.4, -0.2) is 11.1 Å². The second-order valence-electron chi connectivity index (χ2n) is 0.668. The molecule has 4 heteroatoms. The van der Waals surface area contributed by atoms with Gasteiger partial charge in [-0.1, -0.05) is 0 Å². The Morgan fingerprint density at radius 3 is 2.50 bits per heavy atom. The van der Waals surface area contributed by atoms with Gasteiger partial charge in [0.15, 0.2) is 0 Å². The van der Waals surface area contributed by atoms with E-state index in [4.69, 9.17) is 10.2 Å². The van der Waals surface area contributed by atoms with E-state index in [0.717, 1.165) is 0 Å². The average molecular weight is 104 g/mol. The monoisotopic (exact) mass is 104 g/mol. The van der Waals surface area contributed by atoms with E-state index in [2.05, 4.69) is 0 Å². The molecule has 0 spiro atoms. The van der Waals surface area contributed by atoms with Crippen LogP contribution in [0.4, 0.5) is 0 Å². The first-order valence-corrected chi connectivity index (χ1v) is 2.67. The number of nitriles is 1. The largest absolute Gasteiger partial charge is 0.520 e. The first-order valence-electron chi connectivity index (χ1n) is 1.28. The first-order chi connectivity index (χ1) is 2.77. The predicted molar refractivity (Wildman–Crippen MR) is 20.3 cm³/mol. The summed E-state index contributed by atoms with van der Waals surface area (Å²) in [6, 6.07) is 1.53. The van der Waals surface area contributed by atoms with Gasteiger partial charge in [-0.05, 0) is 4.57 Å². The van der Waals surface area contributed by atoms with E-state index in [9.17, 15) is 4.57 Å². The fraction of sp³-hybridized carbons (Fsp3) is 0.500. The number of nitrogens with zero attached hydrogens (tertiary/aromatic N) is 1. The molecule has 0 saturated carbocycles. The second-order valence-corrected chi connectivity index (χ2v) is 1.69. The summed E-state index contributed by atoms with van der Waals surface area (Å²) in [5, 5.41) is 7.64. The highest BCUT2D eigenvalue weighted by Gasteiger charge is 2.04. The van der Waals surface area contributed by atoms with Gasteiger partial charge >= 0.3 is 8.03 Å². The predicted octanol–water partition coefficient (Wildman–Crippen LogP) is 0.245. The third-order valence-corrected chi connectivity index (χ3v) is 0.618. The molecule has 0 heterocycles. The number of hydrogen-bond donors (Lipinski definition) is 1. The lowest BCUT2D eigenvalue weighted by Crippen LogP contribution is -1.62. The zero-order valence-electron chi connectivity index (χ0n) is 2.96. The quantitative estimate of drug-likeness (QED) is 0.485. The molecule has 1 N–H and O–H groups in total. The van der Waals surface area contributed by atoms with E-state index in [1.807, 2.05) is 0 Å². The van der Waals surface area contributed by atoms with E-state index in [-0.39, 0.29) is 6.16 Å². The minimum absolute atomic E-state index is 0.255. The molecule has 0 aromatic carbocycles. The van der Waals surface area contributed by atoms with E-state index in [0.29, 0.717) is 0 Å². The van der Waals surface area contributed by atoms with Crippen molar-refractivity contribution in [1.29, 1.82) is 5.26 Å². The highest BCUT2D eigenvalue weighted by atomic mass is 31.1. The lowest BCUT2D eigenvalue weighted by molar-refractivity contribution is 0.506. The maximum atomic E-state index is 9.52. The van der Waals surface area contributed by atoms with Gasteiger partial charge in [0.2, 0.25) is 0 Å². The van der Waals surface area contributed by atoms with Gasteiger partial charge in [-0.3, -0.25) is 0 Å². The van der Waals surface area contributed by atoms with Gasteiger partial charge in [-0.25, -0.2) is 0 Å². The van der Waals surface area contributed by atoms with Crippen LogP contribution in [0.5, 0.6) is 0 Å². The van der Waals surface area contributed by atoms with Crippen molar-refractivity contribution in [1.82, 2.24) is 0 Å². The summed E-state index contributed by atoms with van der Waals surface area (Å²) in [6.45, 7) is 0. The van der Waals surface area contributed by atoms with E-state index in [1.165, 1.54) is 6.07 Å². The molecule has 0 fully saturated rings. The van der Waals surface area contributed by atoms with Gasteiger partial charge < -0.3 is 0 Å². The number of hydrogen-bond acceptors (Lipinski definition) is 2. The van der Waals surface area contributed by atoms with E-state index in [1.54, 1.807) is 0 Å². The van der Waals surface area contributed by atoms with Crippen molar-refractivity contribution >= 4 is 8.03 Å². The molecule has 0 rings (SSSR count). The van der Waals surface area contributed by atoms with Gasteiger partial charge in [0.05, 0.1) is 0 Å². The molecule has 0 bridgehead atoms. The molecule has 0 aromatic heterocycles. The maximum Gasteiger partial charge on any atom is 0.520 e. The van der Waals surface area contributed by atoms with Crippen molar-refractivity contribution in [2.45, 2.75) is 0 Å². The van der Waals surface area contributed by atoms with Crippen LogP contribution < -0.4 is 0 Å². The normalized spacial score (nSPS) is 9.67. The molecule has 0 aromatic rings. The smallest absolute Gasteiger partial charge is 0.193 e. The van der Waals surface area contributed by atoms with Crippen LogP contribution in [0, 0.1) is 11.3 Å². The minimum atomic E-state index is -2.21. The van der Waals surface area contributed by atoms with Crippen molar-refractivity contribution in [3.05, 3.63) is 0 Å². The minimum Gasteiger partial charge on any atom is -0.193 e. The fourth-order valence-corrected chi connectivity index (χ4v) is 0.181. The summed E-state index contributed by atoms with van der Waals surface area (Å²) in [6.07, 6.45) is -0.255. The lowest BCUT2D eigenvalue weighted by atomic mass is 10.9. The summed E-state index contributed by atoms with van der Waals surface area (Å²) >= 11 is 0. The summed E-state index contributed by atoms with van der Waals surface area (Å²) in [5.74, 6) is 0. The van der Waals surface area contributed by atoms with E-state index >= 15 is 0 Å². The Hall–Kier alpha value is -0.450. The standard InChI is InChI=1S/C2H2NO2P/c3-1-2-6(4)5/h2H2/p+1. The molecule has 0 saturated heterocycles. The molecule has 0 radical (unpaired) electrons. The van der Waals surface area contributed by atoms with Gasteiger partial charge in [0, 0.05) is 0 Å². The Labute approximate surface area is 36.1 Å². The zero-order valence-corrected chi connectivity index (χ0v) is 3.85. The Morgan fingerprint density at radius 1 is 2.00 bits per heavy atom. The second kappa shape index (κ2) is 2.77. The van der Waals surface area contributed by atoms with Crippen molar-refractivity contribution < 1.29 is 9.46 Å². The van der Waals surface area contributed by atoms with Crippen LogP contribution in [0.2, 0.25) is 0 Å². The lowest BCUT2D eigenvalue weighted by Gasteiger charge is -1.51. The van der Waals surface area contributed by atoms with Crippen molar-refractivity contribution in [3.63, 3.8) is 0 Å². The summed E-state index contributed by atoms with van der Waals surface area (Å²) in [7, 11) is -2.21.